The fraction of sp³-hybridized carbons (Fsp3) is 0.462. The first-order valence-corrected chi connectivity index (χ1v) is 12.1. The Hall–Kier alpha value is -2.91. The molecule has 2 saturated heterocycles. The van der Waals surface area contributed by atoms with Crippen molar-refractivity contribution >= 4 is 17.5 Å². The molecule has 9 heteroatoms. The molecule has 2 heterocycles. The van der Waals surface area contributed by atoms with Gasteiger partial charge in [-0.25, -0.2) is 0 Å². The molecular weight excluding hydrogens is 457 g/mol. The number of piperidine rings is 1. The summed E-state index contributed by atoms with van der Waals surface area (Å²) in [5.74, 6) is -0.370. The third-order valence-electron chi connectivity index (χ3n) is 6.66. The zero-order valence-corrected chi connectivity index (χ0v) is 19.6. The highest BCUT2D eigenvalue weighted by atomic mass is 19.4. The SMILES string of the molecule is O=C(CN1CCN(C(C(=O)N2CCCCC2)c2ccccc2)CC1)Nc1ccccc1C(F)(F)F. The monoisotopic (exact) mass is 488 g/mol. The third kappa shape index (κ3) is 6.41. The van der Waals surface area contributed by atoms with Crippen LogP contribution in [0.15, 0.2) is 54.6 Å². The first-order chi connectivity index (χ1) is 16.8. The molecule has 2 fully saturated rings. The molecule has 6 nitrogen and oxygen atoms in total. The predicted octanol–water partition coefficient (Wildman–Crippen LogP) is 4.02. The standard InChI is InChI=1S/C26H31F3N4O2/c27-26(28,29)21-11-5-6-12-22(21)30-23(34)19-31-15-17-32(18-16-31)24(20-9-3-1-4-10-20)25(35)33-13-7-2-8-14-33/h1,3-6,9-12,24H,2,7-8,13-19H2,(H,30,34). The molecule has 0 spiro atoms. The van der Waals surface area contributed by atoms with E-state index in [4.69, 9.17) is 0 Å². The Morgan fingerprint density at radius 2 is 1.46 bits per heavy atom. The zero-order chi connectivity index (χ0) is 24.8. The van der Waals surface area contributed by atoms with Crippen LogP contribution in [0.25, 0.3) is 0 Å². The fourth-order valence-electron chi connectivity index (χ4n) is 4.84. The Morgan fingerprint density at radius 3 is 2.11 bits per heavy atom. The minimum absolute atomic E-state index is 0.00386. The molecule has 1 N–H and O–H groups in total. The number of anilines is 1. The lowest BCUT2D eigenvalue weighted by Crippen LogP contribution is -2.53. The summed E-state index contributed by atoms with van der Waals surface area (Å²) < 4.78 is 39.7. The molecule has 4 rings (SSSR count). The quantitative estimate of drug-likeness (QED) is 0.668. The number of carbonyl (C=O) groups is 2. The van der Waals surface area contributed by atoms with Crippen molar-refractivity contribution in [2.75, 3.05) is 51.1 Å². The number of hydrogen-bond acceptors (Lipinski definition) is 4. The predicted molar refractivity (Wildman–Crippen MR) is 128 cm³/mol. The van der Waals surface area contributed by atoms with E-state index in [1.54, 1.807) is 0 Å². The summed E-state index contributed by atoms with van der Waals surface area (Å²) in [6.45, 7) is 3.83. The molecule has 1 unspecified atom stereocenters. The topological polar surface area (TPSA) is 55.9 Å². The summed E-state index contributed by atoms with van der Waals surface area (Å²) in [5.41, 5.74) is -0.141. The summed E-state index contributed by atoms with van der Waals surface area (Å²) >= 11 is 0. The first kappa shape index (κ1) is 25.2. The molecule has 2 aromatic carbocycles. The second kappa shape index (κ2) is 11.2. The minimum atomic E-state index is -4.54. The largest absolute Gasteiger partial charge is 0.418 e. The van der Waals surface area contributed by atoms with Crippen LogP contribution >= 0.6 is 0 Å². The van der Waals surface area contributed by atoms with Gasteiger partial charge in [-0.3, -0.25) is 19.4 Å². The Bertz CT molecular complexity index is 1000. The number of hydrogen-bond donors (Lipinski definition) is 1. The van der Waals surface area contributed by atoms with Crippen molar-refractivity contribution in [3.8, 4) is 0 Å². The van der Waals surface area contributed by atoms with Crippen molar-refractivity contribution in [3.63, 3.8) is 0 Å². The smallest absolute Gasteiger partial charge is 0.341 e. The van der Waals surface area contributed by atoms with Gasteiger partial charge in [-0.1, -0.05) is 42.5 Å². The van der Waals surface area contributed by atoms with Crippen LogP contribution in [-0.2, 0) is 15.8 Å². The lowest BCUT2D eigenvalue weighted by atomic mass is 10.0. The van der Waals surface area contributed by atoms with Crippen molar-refractivity contribution in [2.45, 2.75) is 31.5 Å². The summed E-state index contributed by atoms with van der Waals surface area (Å²) in [6.07, 6.45) is -1.35. The molecule has 35 heavy (non-hydrogen) atoms. The lowest BCUT2D eigenvalue weighted by Gasteiger charge is -2.41. The Labute approximate surface area is 203 Å². The van der Waals surface area contributed by atoms with E-state index >= 15 is 0 Å². The maximum atomic E-state index is 13.5. The summed E-state index contributed by atoms with van der Waals surface area (Å²) in [4.78, 5) is 32.0. The molecule has 2 aliphatic heterocycles. The summed E-state index contributed by atoms with van der Waals surface area (Å²) in [6, 6.07) is 14.4. The van der Waals surface area contributed by atoms with Crippen LogP contribution in [-0.4, -0.2) is 72.3 Å². The van der Waals surface area contributed by atoms with Gasteiger partial charge in [0.05, 0.1) is 17.8 Å². The number of amides is 2. The number of alkyl halides is 3. The Morgan fingerprint density at radius 1 is 0.829 bits per heavy atom. The molecule has 0 saturated carbocycles. The summed E-state index contributed by atoms with van der Waals surface area (Å²) in [5, 5.41) is 2.41. The van der Waals surface area contributed by atoms with Crippen LogP contribution in [0.3, 0.4) is 0 Å². The highest BCUT2D eigenvalue weighted by molar-refractivity contribution is 5.93. The highest BCUT2D eigenvalue weighted by Crippen LogP contribution is 2.34. The second-order valence-corrected chi connectivity index (χ2v) is 9.10. The van der Waals surface area contributed by atoms with Crippen molar-refractivity contribution in [2.24, 2.45) is 0 Å². The van der Waals surface area contributed by atoms with Gasteiger partial charge in [-0.2, -0.15) is 13.2 Å². The molecule has 0 radical (unpaired) electrons. The van der Waals surface area contributed by atoms with Crippen LogP contribution in [0.4, 0.5) is 18.9 Å². The van der Waals surface area contributed by atoms with Gasteiger partial charge in [0.1, 0.15) is 6.04 Å². The third-order valence-corrected chi connectivity index (χ3v) is 6.66. The maximum Gasteiger partial charge on any atom is 0.418 e. The van der Waals surface area contributed by atoms with Crippen LogP contribution in [0.1, 0.15) is 36.4 Å². The van der Waals surface area contributed by atoms with E-state index in [2.05, 4.69) is 10.2 Å². The second-order valence-electron chi connectivity index (χ2n) is 9.10. The van der Waals surface area contributed by atoms with Crippen molar-refractivity contribution in [3.05, 3.63) is 65.7 Å². The van der Waals surface area contributed by atoms with Crippen LogP contribution in [0.5, 0.6) is 0 Å². The molecular formula is C26H31F3N4O2. The zero-order valence-electron chi connectivity index (χ0n) is 19.6. The van der Waals surface area contributed by atoms with E-state index in [9.17, 15) is 22.8 Å². The Balaban J connectivity index is 1.37. The molecule has 188 valence electrons. The Kier molecular flexibility index (Phi) is 8.07. The highest BCUT2D eigenvalue weighted by Gasteiger charge is 2.35. The van der Waals surface area contributed by atoms with Gasteiger partial charge < -0.3 is 10.2 Å². The normalized spacial score (nSPS) is 18.8. The molecule has 0 aromatic heterocycles. The van der Waals surface area contributed by atoms with Crippen molar-refractivity contribution in [1.29, 1.82) is 0 Å². The van der Waals surface area contributed by atoms with Crippen LogP contribution in [0, 0.1) is 0 Å². The van der Waals surface area contributed by atoms with Crippen LogP contribution in [0.2, 0.25) is 0 Å². The average molecular weight is 489 g/mol. The van der Waals surface area contributed by atoms with Crippen molar-refractivity contribution < 1.29 is 22.8 Å². The number of benzene rings is 2. The van der Waals surface area contributed by atoms with E-state index in [1.807, 2.05) is 40.1 Å². The molecule has 2 aromatic rings. The van der Waals surface area contributed by atoms with Gasteiger partial charge in [0.25, 0.3) is 0 Å². The van der Waals surface area contributed by atoms with Gasteiger partial charge in [0, 0.05) is 39.3 Å². The van der Waals surface area contributed by atoms with E-state index in [0.717, 1.165) is 44.0 Å². The average Bonchev–Trinajstić information content (AvgIpc) is 2.86. The van der Waals surface area contributed by atoms with E-state index in [1.165, 1.54) is 18.2 Å². The molecule has 1 atom stereocenters. The summed E-state index contributed by atoms with van der Waals surface area (Å²) in [7, 11) is 0. The fourth-order valence-corrected chi connectivity index (χ4v) is 4.84. The van der Waals surface area contributed by atoms with E-state index in [0.29, 0.717) is 26.2 Å². The maximum absolute atomic E-state index is 13.5. The first-order valence-electron chi connectivity index (χ1n) is 12.1. The number of para-hydroxylation sites is 1. The van der Waals surface area contributed by atoms with Crippen LogP contribution < -0.4 is 5.32 Å². The number of rotatable bonds is 6. The number of nitrogens with zero attached hydrogens (tertiary/aromatic N) is 3. The van der Waals surface area contributed by atoms with E-state index < -0.39 is 17.6 Å². The number of likely N-dealkylation sites (tertiary alicyclic amines) is 1. The van der Waals surface area contributed by atoms with E-state index in [-0.39, 0.29) is 24.2 Å². The number of halogens is 3. The van der Waals surface area contributed by atoms with Crippen molar-refractivity contribution in [1.82, 2.24) is 14.7 Å². The van der Waals surface area contributed by atoms with Gasteiger partial charge in [-0.05, 0) is 37.0 Å². The lowest BCUT2D eigenvalue weighted by molar-refractivity contribution is -0.139. The molecule has 2 amide bonds. The van der Waals surface area contributed by atoms with Gasteiger partial charge in [-0.15, -0.1) is 0 Å². The molecule has 0 bridgehead atoms. The van der Waals surface area contributed by atoms with Gasteiger partial charge in [0.15, 0.2) is 0 Å². The minimum Gasteiger partial charge on any atom is -0.341 e. The molecule has 2 aliphatic rings. The number of piperazine rings is 1. The number of carbonyl (C=O) groups excluding carboxylic acids is 2. The number of nitrogens with one attached hydrogen (secondary N) is 1. The van der Waals surface area contributed by atoms with Gasteiger partial charge in [0.2, 0.25) is 11.8 Å². The van der Waals surface area contributed by atoms with Gasteiger partial charge >= 0.3 is 6.18 Å². The molecule has 0 aliphatic carbocycles.